The average Bonchev–Trinajstić information content (AvgIpc) is 2.28. The van der Waals surface area contributed by atoms with Crippen molar-refractivity contribution in [3.63, 3.8) is 0 Å². The first kappa shape index (κ1) is 12.3. The molecule has 1 atom stereocenters. The summed E-state index contributed by atoms with van der Waals surface area (Å²) in [6.07, 6.45) is -3.85. The molecule has 0 spiro atoms. The summed E-state index contributed by atoms with van der Waals surface area (Å²) >= 11 is 0. The summed E-state index contributed by atoms with van der Waals surface area (Å²) in [5.41, 5.74) is -2.44. The van der Waals surface area contributed by atoms with Crippen LogP contribution in [0.2, 0.25) is 0 Å². The van der Waals surface area contributed by atoms with Crippen LogP contribution in [0.25, 0.3) is 0 Å². The van der Waals surface area contributed by atoms with Gasteiger partial charge in [0, 0.05) is 11.8 Å². The van der Waals surface area contributed by atoms with Crippen LogP contribution in [0.1, 0.15) is 16.8 Å². The smallest absolute Gasteiger partial charge is 0.393 e. The Balaban J connectivity index is 2.47. The van der Waals surface area contributed by atoms with Gasteiger partial charge >= 0.3 is 6.18 Å². The Bertz CT molecular complexity index is 435. The Kier molecular flexibility index (Phi) is 2.84. The SMILES string of the molecule is OCC1(O)COCc2cc(C(F)(F)F)cnc21. The van der Waals surface area contributed by atoms with Gasteiger partial charge in [0.05, 0.1) is 31.1 Å². The maximum absolute atomic E-state index is 12.4. The minimum Gasteiger partial charge on any atom is -0.393 e. The molecule has 1 aliphatic rings. The zero-order valence-corrected chi connectivity index (χ0v) is 8.66. The number of halogens is 3. The molecule has 2 N–H and O–H groups in total. The van der Waals surface area contributed by atoms with E-state index < -0.39 is 23.9 Å². The summed E-state index contributed by atoms with van der Waals surface area (Å²) in [6.45, 7) is -0.901. The maximum atomic E-state index is 12.4. The van der Waals surface area contributed by atoms with Crippen molar-refractivity contribution in [2.24, 2.45) is 0 Å². The average molecular weight is 249 g/mol. The highest BCUT2D eigenvalue weighted by Gasteiger charge is 2.39. The van der Waals surface area contributed by atoms with Crippen LogP contribution < -0.4 is 0 Å². The van der Waals surface area contributed by atoms with Gasteiger partial charge in [0.25, 0.3) is 0 Å². The summed E-state index contributed by atoms with van der Waals surface area (Å²) in [4.78, 5) is 3.60. The summed E-state index contributed by atoms with van der Waals surface area (Å²) in [6, 6.07) is 0.877. The number of nitrogens with zero attached hydrogens (tertiary/aromatic N) is 1. The predicted octanol–water partition coefficient (Wildman–Crippen LogP) is 0.810. The third-order valence-corrected chi connectivity index (χ3v) is 2.59. The molecule has 1 aromatic rings. The summed E-state index contributed by atoms with van der Waals surface area (Å²) < 4.78 is 42.3. The minimum absolute atomic E-state index is 0.0410. The molecule has 7 heteroatoms. The summed E-state index contributed by atoms with van der Waals surface area (Å²) in [5.74, 6) is 0. The molecule has 0 bridgehead atoms. The van der Waals surface area contributed by atoms with E-state index in [2.05, 4.69) is 4.98 Å². The second-order valence-corrected chi connectivity index (χ2v) is 3.91. The number of aliphatic hydroxyl groups is 2. The van der Waals surface area contributed by atoms with E-state index in [-0.39, 0.29) is 24.5 Å². The molecular weight excluding hydrogens is 239 g/mol. The van der Waals surface area contributed by atoms with Crippen LogP contribution in [0, 0.1) is 0 Å². The molecule has 1 aliphatic heterocycles. The van der Waals surface area contributed by atoms with Crippen molar-refractivity contribution in [3.05, 3.63) is 29.1 Å². The van der Waals surface area contributed by atoms with Gasteiger partial charge in [0.2, 0.25) is 0 Å². The van der Waals surface area contributed by atoms with Crippen LogP contribution in [-0.2, 0) is 23.1 Å². The van der Waals surface area contributed by atoms with Crippen molar-refractivity contribution in [2.45, 2.75) is 18.4 Å². The molecule has 2 heterocycles. The van der Waals surface area contributed by atoms with E-state index in [4.69, 9.17) is 9.84 Å². The largest absolute Gasteiger partial charge is 0.417 e. The molecule has 0 aliphatic carbocycles. The van der Waals surface area contributed by atoms with Gasteiger partial charge < -0.3 is 14.9 Å². The van der Waals surface area contributed by atoms with Gasteiger partial charge in [-0.1, -0.05) is 0 Å². The first-order chi connectivity index (χ1) is 7.87. The predicted molar refractivity (Wildman–Crippen MR) is 49.9 cm³/mol. The lowest BCUT2D eigenvalue weighted by atomic mass is 9.94. The molecule has 2 rings (SSSR count). The molecule has 4 nitrogen and oxygen atoms in total. The lowest BCUT2D eigenvalue weighted by Gasteiger charge is -2.31. The van der Waals surface area contributed by atoms with Crippen LogP contribution >= 0.6 is 0 Å². The topological polar surface area (TPSA) is 62.6 Å². The molecule has 1 aromatic heterocycles. The molecule has 0 fully saturated rings. The molecule has 17 heavy (non-hydrogen) atoms. The highest BCUT2D eigenvalue weighted by molar-refractivity contribution is 5.32. The van der Waals surface area contributed by atoms with E-state index in [0.29, 0.717) is 6.20 Å². The Morgan fingerprint density at radius 1 is 1.47 bits per heavy atom. The number of aliphatic hydroxyl groups excluding tert-OH is 1. The number of hydrogen-bond donors (Lipinski definition) is 2. The van der Waals surface area contributed by atoms with Gasteiger partial charge in [-0.2, -0.15) is 13.2 Å². The zero-order valence-electron chi connectivity index (χ0n) is 8.66. The van der Waals surface area contributed by atoms with Crippen molar-refractivity contribution in [1.29, 1.82) is 0 Å². The van der Waals surface area contributed by atoms with Crippen molar-refractivity contribution >= 4 is 0 Å². The molecule has 0 amide bonds. The van der Waals surface area contributed by atoms with Crippen LogP contribution in [0.5, 0.6) is 0 Å². The minimum atomic E-state index is -4.49. The number of ether oxygens (including phenoxy) is 1. The van der Waals surface area contributed by atoms with Crippen LogP contribution in [0.4, 0.5) is 13.2 Å². The molecule has 1 unspecified atom stereocenters. The Labute approximate surface area is 94.7 Å². The first-order valence-electron chi connectivity index (χ1n) is 4.84. The molecule has 94 valence electrons. The highest BCUT2D eigenvalue weighted by atomic mass is 19.4. The lowest BCUT2D eigenvalue weighted by molar-refractivity contribution is -0.138. The van der Waals surface area contributed by atoms with Crippen molar-refractivity contribution < 1.29 is 28.1 Å². The van der Waals surface area contributed by atoms with Gasteiger partial charge in [-0.05, 0) is 6.07 Å². The molecule has 0 aromatic carbocycles. The number of aromatic nitrogens is 1. The molecular formula is C10H10F3NO3. The van der Waals surface area contributed by atoms with Crippen molar-refractivity contribution in [1.82, 2.24) is 4.98 Å². The monoisotopic (exact) mass is 249 g/mol. The molecule has 0 radical (unpaired) electrons. The van der Waals surface area contributed by atoms with Gasteiger partial charge in [-0.3, -0.25) is 4.98 Å². The summed E-state index contributed by atoms with van der Waals surface area (Å²) in [5, 5.41) is 18.9. The maximum Gasteiger partial charge on any atom is 0.417 e. The van der Waals surface area contributed by atoms with Gasteiger partial charge in [-0.25, -0.2) is 0 Å². The first-order valence-corrected chi connectivity index (χ1v) is 4.84. The molecule has 0 saturated carbocycles. The number of fused-ring (bicyclic) bond motifs is 1. The highest BCUT2D eigenvalue weighted by Crippen LogP contribution is 2.34. The fraction of sp³-hybridized carbons (Fsp3) is 0.500. The van der Waals surface area contributed by atoms with E-state index in [9.17, 15) is 18.3 Å². The second kappa shape index (κ2) is 3.94. The zero-order chi connectivity index (χ0) is 12.7. The van der Waals surface area contributed by atoms with Gasteiger partial charge in [0.1, 0.15) is 0 Å². The van der Waals surface area contributed by atoms with Crippen molar-refractivity contribution in [2.75, 3.05) is 13.2 Å². The Morgan fingerprint density at radius 2 is 2.18 bits per heavy atom. The third-order valence-electron chi connectivity index (χ3n) is 2.59. The van der Waals surface area contributed by atoms with E-state index in [1.54, 1.807) is 0 Å². The number of pyridine rings is 1. The van der Waals surface area contributed by atoms with E-state index >= 15 is 0 Å². The van der Waals surface area contributed by atoms with Gasteiger partial charge in [-0.15, -0.1) is 0 Å². The Morgan fingerprint density at radius 3 is 2.76 bits per heavy atom. The third kappa shape index (κ3) is 2.13. The fourth-order valence-corrected chi connectivity index (χ4v) is 1.71. The quantitative estimate of drug-likeness (QED) is 0.773. The van der Waals surface area contributed by atoms with Crippen LogP contribution in [0.15, 0.2) is 12.3 Å². The van der Waals surface area contributed by atoms with Gasteiger partial charge in [0.15, 0.2) is 5.60 Å². The van der Waals surface area contributed by atoms with Crippen molar-refractivity contribution in [3.8, 4) is 0 Å². The van der Waals surface area contributed by atoms with Crippen LogP contribution in [0.3, 0.4) is 0 Å². The second-order valence-electron chi connectivity index (χ2n) is 3.91. The standard InChI is InChI=1S/C10H10F3NO3/c11-10(12,13)7-1-6-3-17-5-9(16,4-15)8(6)14-2-7/h1-2,15-16H,3-5H2. The van der Waals surface area contributed by atoms with Crippen LogP contribution in [-0.4, -0.2) is 28.4 Å². The van der Waals surface area contributed by atoms with E-state index in [1.165, 1.54) is 0 Å². The number of alkyl halides is 3. The number of hydrogen-bond acceptors (Lipinski definition) is 4. The normalized spacial score (nSPS) is 24.5. The van der Waals surface area contributed by atoms with E-state index in [0.717, 1.165) is 6.07 Å². The Hall–Kier alpha value is -1.18. The lowest BCUT2D eigenvalue weighted by Crippen LogP contribution is -2.40. The van der Waals surface area contributed by atoms with E-state index in [1.807, 2.05) is 0 Å². The molecule has 0 saturated heterocycles. The fourth-order valence-electron chi connectivity index (χ4n) is 1.71. The summed E-state index contributed by atoms with van der Waals surface area (Å²) in [7, 11) is 0. The number of rotatable bonds is 1.